The lowest BCUT2D eigenvalue weighted by Gasteiger charge is -2.11. The van der Waals surface area contributed by atoms with Gasteiger partial charge in [-0.2, -0.15) is 0 Å². The molecule has 82 valence electrons. The molecule has 1 N–H and O–H groups in total. The van der Waals surface area contributed by atoms with E-state index in [-0.39, 0.29) is 5.97 Å². The fraction of sp³-hybridized carbons (Fsp3) is 0.444. The summed E-state index contributed by atoms with van der Waals surface area (Å²) >= 11 is 1.52. The zero-order valence-corrected chi connectivity index (χ0v) is 9.67. The molecule has 1 rings (SSSR count). The maximum Gasteiger partial charge on any atom is 0.328 e. The number of hydrogen-bond acceptors (Lipinski definition) is 6. The van der Waals surface area contributed by atoms with Gasteiger partial charge in [-0.1, -0.05) is 0 Å². The van der Waals surface area contributed by atoms with E-state index >= 15 is 0 Å². The Morgan fingerprint density at radius 2 is 2.33 bits per heavy atom. The Bertz CT molecular complexity index is 346. The Labute approximate surface area is 92.6 Å². The van der Waals surface area contributed by atoms with E-state index in [9.17, 15) is 4.79 Å². The van der Waals surface area contributed by atoms with E-state index in [0.29, 0.717) is 5.82 Å². The summed E-state index contributed by atoms with van der Waals surface area (Å²) in [6, 6.07) is 1.36. The molecule has 1 heterocycles. The first kappa shape index (κ1) is 11.8. The second-order valence-corrected chi connectivity index (χ2v) is 3.66. The van der Waals surface area contributed by atoms with Crippen LogP contribution in [-0.2, 0) is 9.53 Å². The summed E-state index contributed by atoms with van der Waals surface area (Å²) in [5, 5.41) is 3.78. The molecule has 1 aromatic heterocycles. The first-order chi connectivity index (χ1) is 7.17. The number of carbonyl (C=O) groups is 1. The molecule has 0 fully saturated rings. The fourth-order valence-corrected chi connectivity index (χ4v) is 1.37. The van der Waals surface area contributed by atoms with Gasteiger partial charge in [0.25, 0.3) is 0 Å². The summed E-state index contributed by atoms with van der Waals surface area (Å²) in [6.07, 6.45) is 3.38. The zero-order valence-electron chi connectivity index (χ0n) is 8.85. The summed E-state index contributed by atoms with van der Waals surface area (Å²) in [5.41, 5.74) is 0. The van der Waals surface area contributed by atoms with Crippen LogP contribution in [0.2, 0.25) is 0 Å². The molecule has 1 aromatic rings. The predicted octanol–water partition coefficient (Wildman–Crippen LogP) is 1.17. The van der Waals surface area contributed by atoms with Gasteiger partial charge in [0.05, 0.1) is 7.11 Å². The first-order valence-electron chi connectivity index (χ1n) is 4.37. The van der Waals surface area contributed by atoms with E-state index in [4.69, 9.17) is 0 Å². The van der Waals surface area contributed by atoms with Crippen LogP contribution in [0.3, 0.4) is 0 Å². The van der Waals surface area contributed by atoms with Crippen molar-refractivity contribution in [3.8, 4) is 0 Å². The summed E-state index contributed by atoms with van der Waals surface area (Å²) in [4.78, 5) is 19.2. The number of nitrogens with zero attached hydrogens (tertiary/aromatic N) is 2. The van der Waals surface area contributed by atoms with Gasteiger partial charge in [0.15, 0.2) is 0 Å². The number of anilines is 1. The SMILES string of the molecule is COC(=O)C(C)Nc1cc(SC)ncn1. The lowest BCUT2D eigenvalue weighted by atomic mass is 10.3. The zero-order chi connectivity index (χ0) is 11.3. The standard InChI is InChI=1S/C9H13N3O2S/c1-6(9(13)14-2)12-7-4-8(15-3)11-5-10-7/h4-6H,1-3H3,(H,10,11,12). The topological polar surface area (TPSA) is 64.1 Å². The van der Waals surface area contributed by atoms with Gasteiger partial charge < -0.3 is 10.1 Å². The Hall–Kier alpha value is -1.30. The van der Waals surface area contributed by atoms with E-state index in [1.54, 1.807) is 13.0 Å². The third-order valence-corrected chi connectivity index (χ3v) is 2.41. The van der Waals surface area contributed by atoms with E-state index in [2.05, 4.69) is 20.0 Å². The van der Waals surface area contributed by atoms with Gasteiger partial charge in [0.2, 0.25) is 0 Å². The van der Waals surface area contributed by atoms with E-state index < -0.39 is 6.04 Å². The van der Waals surface area contributed by atoms with E-state index in [0.717, 1.165) is 5.03 Å². The molecule has 0 saturated carbocycles. The average molecular weight is 227 g/mol. The van der Waals surface area contributed by atoms with Crippen molar-refractivity contribution in [2.75, 3.05) is 18.7 Å². The van der Waals surface area contributed by atoms with Crippen LogP contribution in [-0.4, -0.2) is 35.3 Å². The Morgan fingerprint density at radius 1 is 1.60 bits per heavy atom. The van der Waals surface area contributed by atoms with Crippen molar-refractivity contribution in [1.29, 1.82) is 0 Å². The molecule has 0 saturated heterocycles. The summed E-state index contributed by atoms with van der Waals surface area (Å²) in [7, 11) is 1.35. The van der Waals surface area contributed by atoms with E-state index in [1.807, 2.05) is 6.26 Å². The number of aromatic nitrogens is 2. The van der Waals surface area contributed by atoms with Crippen LogP contribution in [0.4, 0.5) is 5.82 Å². The van der Waals surface area contributed by atoms with Gasteiger partial charge in [-0.05, 0) is 13.2 Å². The molecule has 1 unspecified atom stereocenters. The smallest absolute Gasteiger partial charge is 0.328 e. The fourth-order valence-electron chi connectivity index (χ4n) is 0.988. The third kappa shape index (κ3) is 3.39. The summed E-state index contributed by atoms with van der Waals surface area (Å²) in [6.45, 7) is 1.71. The van der Waals surface area contributed by atoms with Gasteiger partial charge >= 0.3 is 5.97 Å². The Morgan fingerprint density at radius 3 is 2.93 bits per heavy atom. The third-order valence-electron chi connectivity index (χ3n) is 1.77. The molecule has 0 aliphatic heterocycles. The van der Waals surface area contributed by atoms with Gasteiger partial charge in [0.1, 0.15) is 23.2 Å². The maximum absolute atomic E-state index is 11.1. The van der Waals surface area contributed by atoms with Crippen molar-refractivity contribution < 1.29 is 9.53 Å². The Kier molecular flexibility index (Phi) is 4.36. The van der Waals surface area contributed by atoms with Crippen molar-refractivity contribution >= 4 is 23.5 Å². The Balaban J connectivity index is 2.67. The molecule has 15 heavy (non-hydrogen) atoms. The highest BCUT2D eigenvalue weighted by molar-refractivity contribution is 7.98. The minimum Gasteiger partial charge on any atom is -0.467 e. The van der Waals surface area contributed by atoms with Crippen LogP contribution in [0.15, 0.2) is 17.4 Å². The first-order valence-corrected chi connectivity index (χ1v) is 5.60. The van der Waals surface area contributed by atoms with Crippen LogP contribution < -0.4 is 5.32 Å². The maximum atomic E-state index is 11.1. The molecule has 0 radical (unpaired) electrons. The highest BCUT2D eigenvalue weighted by Crippen LogP contribution is 2.14. The van der Waals surface area contributed by atoms with Crippen molar-refractivity contribution in [2.24, 2.45) is 0 Å². The van der Waals surface area contributed by atoms with Crippen molar-refractivity contribution in [1.82, 2.24) is 9.97 Å². The number of nitrogens with one attached hydrogen (secondary N) is 1. The molecule has 0 aromatic carbocycles. The summed E-state index contributed by atoms with van der Waals surface area (Å²) in [5.74, 6) is 0.298. The lowest BCUT2D eigenvalue weighted by molar-refractivity contribution is -0.141. The van der Waals surface area contributed by atoms with Crippen molar-refractivity contribution in [2.45, 2.75) is 18.0 Å². The molecule has 5 nitrogen and oxygen atoms in total. The van der Waals surface area contributed by atoms with Crippen LogP contribution >= 0.6 is 11.8 Å². The minimum absolute atomic E-state index is 0.320. The molecule has 0 amide bonds. The molecule has 1 atom stereocenters. The molecular weight excluding hydrogens is 214 g/mol. The lowest BCUT2D eigenvalue weighted by Crippen LogP contribution is -2.27. The number of ether oxygens (including phenoxy) is 1. The van der Waals surface area contributed by atoms with Crippen LogP contribution in [0.1, 0.15) is 6.92 Å². The molecule has 0 spiro atoms. The summed E-state index contributed by atoms with van der Waals surface area (Å²) < 4.78 is 4.59. The van der Waals surface area contributed by atoms with Gasteiger partial charge in [0, 0.05) is 6.07 Å². The second kappa shape index (κ2) is 5.55. The van der Waals surface area contributed by atoms with Crippen molar-refractivity contribution in [3.63, 3.8) is 0 Å². The number of hydrogen-bond donors (Lipinski definition) is 1. The number of rotatable bonds is 4. The van der Waals surface area contributed by atoms with Crippen molar-refractivity contribution in [3.05, 3.63) is 12.4 Å². The quantitative estimate of drug-likeness (QED) is 0.473. The monoisotopic (exact) mass is 227 g/mol. The largest absolute Gasteiger partial charge is 0.467 e. The molecule has 0 bridgehead atoms. The highest BCUT2D eigenvalue weighted by Gasteiger charge is 2.12. The van der Waals surface area contributed by atoms with Gasteiger partial charge in [-0.25, -0.2) is 14.8 Å². The molecule has 6 heteroatoms. The molecular formula is C9H13N3O2S. The van der Waals surface area contributed by atoms with Crippen LogP contribution in [0, 0.1) is 0 Å². The predicted molar refractivity (Wildman–Crippen MR) is 58.9 cm³/mol. The number of methoxy groups -OCH3 is 1. The molecule has 0 aliphatic rings. The van der Waals surface area contributed by atoms with Crippen LogP contribution in [0.5, 0.6) is 0 Å². The average Bonchev–Trinajstić information content (AvgIpc) is 2.28. The minimum atomic E-state index is -0.417. The molecule has 0 aliphatic carbocycles. The highest BCUT2D eigenvalue weighted by atomic mass is 32.2. The van der Waals surface area contributed by atoms with Crippen LogP contribution in [0.25, 0.3) is 0 Å². The van der Waals surface area contributed by atoms with Gasteiger partial charge in [-0.3, -0.25) is 0 Å². The normalized spacial score (nSPS) is 11.9. The second-order valence-electron chi connectivity index (χ2n) is 2.83. The number of carbonyl (C=O) groups excluding carboxylic acids is 1. The van der Waals surface area contributed by atoms with Gasteiger partial charge in [-0.15, -0.1) is 11.8 Å². The van der Waals surface area contributed by atoms with E-state index in [1.165, 1.54) is 25.2 Å². The number of esters is 1. The number of thioether (sulfide) groups is 1.